The highest BCUT2D eigenvalue weighted by Crippen LogP contribution is 2.38. The summed E-state index contributed by atoms with van der Waals surface area (Å²) in [5.41, 5.74) is 2.56. The predicted molar refractivity (Wildman–Crippen MR) is 151 cm³/mol. The first-order valence-electron chi connectivity index (χ1n) is 13.8. The van der Waals surface area contributed by atoms with Crippen LogP contribution in [0.15, 0.2) is 36.4 Å². The standard InChI is InChI=1S/C29H34ClN3O6S/c1-29(2)38-16-22(39-29)28(35)33(10-12-37-24-9-5-6-11-36-24)25-19-8-4-3-7-17(19)13-20(25)31-26(34)21-14-18-15-23(30)40-27(18)32-21/h3-4,7-8,14-15,20,22,24-25,32H,5-6,9-13,16H2,1-2H3,(H,31,34)/t20-,22+,24?,25-/m1/s1. The minimum atomic E-state index is -0.844. The van der Waals surface area contributed by atoms with E-state index in [1.807, 2.05) is 24.3 Å². The number of halogens is 1. The Labute approximate surface area is 242 Å². The molecular formula is C29H34ClN3O6S. The fraction of sp³-hybridized carbons (Fsp3) is 0.517. The highest BCUT2D eigenvalue weighted by Gasteiger charge is 2.45. The molecule has 2 fully saturated rings. The van der Waals surface area contributed by atoms with E-state index < -0.39 is 17.9 Å². The summed E-state index contributed by atoms with van der Waals surface area (Å²) in [6, 6.07) is 10.9. The first-order chi connectivity index (χ1) is 19.3. The van der Waals surface area contributed by atoms with Crippen LogP contribution in [0.25, 0.3) is 10.2 Å². The van der Waals surface area contributed by atoms with Gasteiger partial charge in [-0.25, -0.2) is 0 Å². The van der Waals surface area contributed by atoms with Crippen molar-refractivity contribution in [2.24, 2.45) is 0 Å². The number of carbonyl (C=O) groups is 2. The van der Waals surface area contributed by atoms with E-state index in [0.717, 1.165) is 40.6 Å². The van der Waals surface area contributed by atoms with Crippen LogP contribution in [0.3, 0.4) is 0 Å². The Morgan fingerprint density at radius 2 is 2.10 bits per heavy atom. The molecule has 0 bridgehead atoms. The van der Waals surface area contributed by atoms with Crippen molar-refractivity contribution in [1.29, 1.82) is 0 Å². The Morgan fingerprint density at radius 3 is 2.85 bits per heavy atom. The summed E-state index contributed by atoms with van der Waals surface area (Å²) in [5, 5.41) is 4.10. The van der Waals surface area contributed by atoms with Gasteiger partial charge in [-0.3, -0.25) is 9.59 Å². The van der Waals surface area contributed by atoms with Crippen molar-refractivity contribution in [2.75, 3.05) is 26.4 Å². The van der Waals surface area contributed by atoms with Gasteiger partial charge < -0.3 is 34.1 Å². The monoisotopic (exact) mass is 587 g/mol. The summed E-state index contributed by atoms with van der Waals surface area (Å²) < 4.78 is 24.2. The van der Waals surface area contributed by atoms with Gasteiger partial charge in [0.15, 0.2) is 18.2 Å². The number of benzene rings is 1. The number of nitrogens with zero attached hydrogens (tertiary/aromatic N) is 1. The van der Waals surface area contributed by atoms with E-state index in [-0.39, 0.29) is 30.8 Å². The third-order valence-corrected chi connectivity index (χ3v) is 8.91. The molecule has 1 aliphatic carbocycles. The van der Waals surface area contributed by atoms with Crippen LogP contribution in [-0.4, -0.2) is 72.3 Å². The maximum absolute atomic E-state index is 14.0. The lowest BCUT2D eigenvalue weighted by Gasteiger charge is -2.36. The van der Waals surface area contributed by atoms with Gasteiger partial charge in [-0.2, -0.15) is 0 Å². The Kier molecular flexibility index (Phi) is 7.91. The van der Waals surface area contributed by atoms with E-state index in [1.54, 1.807) is 24.8 Å². The number of carbonyl (C=O) groups excluding carboxylic acids is 2. The molecular weight excluding hydrogens is 554 g/mol. The molecule has 2 amide bonds. The molecule has 1 aromatic carbocycles. The Bertz CT molecular complexity index is 1350. The van der Waals surface area contributed by atoms with E-state index in [9.17, 15) is 9.59 Å². The molecule has 6 rings (SSSR count). The van der Waals surface area contributed by atoms with Crippen molar-refractivity contribution in [3.05, 3.63) is 57.6 Å². The van der Waals surface area contributed by atoms with Crippen molar-refractivity contribution < 1.29 is 28.5 Å². The normalized spacial score (nSPS) is 25.7. The van der Waals surface area contributed by atoms with Crippen LogP contribution in [-0.2, 0) is 30.2 Å². The van der Waals surface area contributed by atoms with Gasteiger partial charge in [-0.1, -0.05) is 35.9 Å². The Morgan fingerprint density at radius 1 is 1.25 bits per heavy atom. The molecule has 2 aliphatic heterocycles. The second-order valence-electron chi connectivity index (χ2n) is 11.0. The van der Waals surface area contributed by atoms with E-state index in [0.29, 0.717) is 36.2 Å². The fourth-order valence-corrected chi connectivity index (χ4v) is 6.98. The molecule has 1 unspecified atom stereocenters. The number of fused-ring (bicyclic) bond motifs is 2. The van der Waals surface area contributed by atoms with Gasteiger partial charge in [0.1, 0.15) is 10.5 Å². The first-order valence-corrected chi connectivity index (χ1v) is 15.0. The van der Waals surface area contributed by atoms with Crippen molar-refractivity contribution in [1.82, 2.24) is 15.2 Å². The largest absolute Gasteiger partial charge is 0.353 e. The molecule has 214 valence electrons. The van der Waals surface area contributed by atoms with Crippen molar-refractivity contribution in [3.8, 4) is 0 Å². The maximum atomic E-state index is 14.0. The number of ether oxygens (including phenoxy) is 4. The molecule has 9 nitrogen and oxygen atoms in total. The van der Waals surface area contributed by atoms with E-state index in [2.05, 4.69) is 16.4 Å². The second-order valence-corrected chi connectivity index (χ2v) is 12.6. The summed E-state index contributed by atoms with van der Waals surface area (Å²) in [6.07, 6.45) is 2.51. The topological polar surface area (TPSA) is 102 Å². The summed E-state index contributed by atoms with van der Waals surface area (Å²) >= 11 is 7.51. The third kappa shape index (κ3) is 5.79. The van der Waals surface area contributed by atoms with Crippen LogP contribution in [0.2, 0.25) is 4.34 Å². The van der Waals surface area contributed by atoms with Crippen LogP contribution in [0, 0.1) is 0 Å². The zero-order chi connectivity index (χ0) is 27.9. The smallest absolute Gasteiger partial charge is 0.268 e. The van der Waals surface area contributed by atoms with Crippen LogP contribution in [0.4, 0.5) is 0 Å². The lowest BCUT2D eigenvalue weighted by atomic mass is 10.0. The SMILES string of the molecule is CC1(C)OC[C@@H](C(=O)N(CCOC2CCCCO2)[C@@H]2c3ccccc3C[C@H]2NC(=O)c2cc3cc(Cl)sc3[nH]2)O1. The quantitative estimate of drug-likeness (QED) is 0.392. The van der Waals surface area contributed by atoms with Crippen molar-refractivity contribution in [2.45, 2.75) is 69.8 Å². The van der Waals surface area contributed by atoms with Crippen LogP contribution in [0.1, 0.15) is 60.8 Å². The van der Waals surface area contributed by atoms with E-state index in [4.69, 9.17) is 30.5 Å². The van der Waals surface area contributed by atoms with Gasteiger partial charge in [0.2, 0.25) is 0 Å². The van der Waals surface area contributed by atoms with Crippen LogP contribution >= 0.6 is 22.9 Å². The Balaban J connectivity index is 1.26. The zero-order valence-corrected chi connectivity index (χ0v) is 24.2. The molecule has 4 heterocycles. The molecule has 0 spiro atoms. The van der Waals surface area contributed by atoms with Gasteiger partial charge in [-0.05, 0) is 62.8 Å². The molecule has 40 heavy (non-hydrogen) atoms. The molecule has 0 saturated carbocycles. The van der Waals surface area contributed by atoms with Gasteiger partial charge in [0, 0.05) is 18.5 Å². The molecule has 11 heteroatoms. The summed E-state index contributed by atoms with van der Waals surface area (Å²) in [7, 11) is 0. The minimum absolute atomic E-state index is 0.169. The van der Waals surface area contributed by atoms with Gasteiger partial charge in [0.05, 0.1) is 29.6 Å². The van der Waals surface area contributed by atoms with Gasteiger partial charge >= 0.3 is 0 Å². The third-order valence-electron chi connectivity index (χ3n) is 7.71. The highest BCUT2D eigenvalue weighted by molar-refractivity contribution is 7.22. The number of hydrogen-bond donors (Lipinski definition) is 2. The molecule has 2 N–H and O–H groups in total. The molecule has 3 aliphatic rings. The van der Waals surface area contributed by atoms with Gasteiger partial charge in [0.25, 0.3) is 11.8 Å². The number of rotatable bonds is 8. The van der Waals surface area contributed by atoms with Crippen LogP contribution < -0.4 is 5.32 Å². The number of thiophene rings is 1. The number of H-pyrrole nitrogens is 1. The number of amides is 2. The van der Waals surface area contributed by atoms with E-state index in [1.165, 1.54) is 11.3 Å². The number of aromatic nitrogens is 1. The predicted octanol–water partition coefficient (Wildman–Crippen LogP) is 4.80. The van der Waals surface area contributed by atoms with Crippen molar-refractivity contribution in [3.63, 3.8) is 0 Å². The summed E-state index contributed by atoms with van der Waals surface area (Å²) in [4.78, 5) is 33.3. The molecule has 4 atom stereocenters. The van der Waals surface area contributed by atoms with Crippen molar-refractivity contribution >= 4 is 45.0 Å². The van der Waals surface area contributed by atoms with E-state index >= 15 is 0 Å². The molecule has 2 aromatic heterocycles. The molecule has 2 saturated heterocycles. The minimum Gasteiger partial charge on any atom is -0.353 e. The van der Waals surface area contributed by atoms with Crippen LogP contribution in [0.5, 0.6) is 0 Å². The highest BCUT2D eigenvalue weighted by atomic mass is 35.5. The number of aromatic amines is 1. The first kappa shape index (κ1) is 27.7. The maximum Gasteiger partial charge on any atom is 0.268 e. The average molecular weight is 588 g/mol. The average Bonchev–Trinajstić information content (AvgIpc) is 3.68. The Hall–Kier alpha value is -2.47. The summed E-state index contributed by atoms with van der Waals surface area (Å²) in [5.74, 6) is -1.26. The lowest BCUT2D eigenvalue weighted by molar-refractivity contribution is -0.173. The number of nitrogens with one attached hydrogen (secondary N) is 2. The fourth-order valence-electron chi connectivity index (χ4n) is 5.86. The number of hydrogen-bond acceptors (Lipinski definition) is 7. The summed E-state index contributed by atoms with van der Waals surface area (Å²) in [6.45, 7) is 5.08. The molecule has 0 radical (unpaired) electrons. The zero-order valence-electron chi connectivity index (χ0n) is 22.6. The van der Waals surface area contributed by atoms with Gasteiger partial charge in [-0.15, -0.1) is 11.3 Å². The second kappa shape index (κ2) is 11.4. The lowest BCUT2D eigenvalue weighted by Crippen LogP contribution is -2.51. The molecule has 3 aromatic rings.